The van der Waals surface area contributed by atoms with Crippen LogP contribution in [0.3, 0.4) is 0 Å². The van der Waals surface area contributed by atoms with Crippen LogP contribution in [0.4, 0.5) is 5.69 Å². The summed E-state index contributed by atoms with van der Waals surface area (Å²) in [4.78, 5) is 39.9. The molecule has 1 amide bonds. The highest BCUT2D eigenvalue weighted by atomic mass is 32.2. The van der Waals surface area contributed by atoms with E-state index in [0.29, 0.717) is 29.5 Å². The molecule has 1 aromatic carbocycles. The third-order valence-corrected chi connectivity index (χ3v) is 7.46. The number of nitrogens with zero attached hydrogens (tertiary/aromatic N) is 2. The number of hydrogen-bond donors (Lipinski definition) is 1. The summed E-state index contributed by atoms with van der Waals surface area (Å²) >= 11 is 0. The molecule has 34 heavy (non-hydrogen) atoms. The fraction of sp³-hybridized carbons (Fsp3) is 0.304. The molecule has 0 unspecified atom stereocenters. The summed E-state index contributed by atoms with van der Waals surface area (Å²) in [5, 5.41) is 3.20. The summed E-state index contributed by atoms with van der Waals surface area (Å²) in [5.74, 6) is -1.15. The first-order valence-corrected chi connectivity index (χ1v) is 12.1. The zero-order valence-electron chi connectivity index (χ0n) is 18.4. The summed E-state index contributed by atoms with van der Waals surface area (Å²) < 4.78 is 37.5. The summed E-state index contributed by atoms with van der Waals surface area (Å²) in [6.07, 6.45) is 3.46. The Bertz CT molecular complexity index is 1380. The van der Waals surface area contributed by atoms with Crippen LogP contribution >= 0.6 is 0 Å². The average molecular weight is 486 g/mol. The number of rotatable bonds is 6. The van der Waals surface area contributed by atoms with Crippen LogP contribution in [0.2, 0.25) is 0 Å². The van der Waals surface area contributed by atoms with Gasteiger partial charge in [-0.05, 0) is 37.1 Å². The Morgan fingerprint density at radius 3 is 2.65 bits per heavy atom. The smallest absolute Gasteiger partial charge is 0.336 e. The molecule has 1 aliphatic rings. The molecule has 2 aromatic heterocycles. The Labute approximate surface area is 195 Å². The van der Waals surface area contributed by atoms with E-state index in [-0.39, 0.29) is 36.1 Å². The quantitative estimate of drug-likeness (QED) is 0.415. The summed E-state index contributed by atoms with van der Waals surface area (Å²) in [6.45, 7) is 1.63. The summed E-state index contributed by atoms with van der Waals surface area (Å²) in [6, 6.07) is 9.18. The third-order valence-electron chi connectivity index (χ3n) is 5.58. The minimum Gasteiger partial charge on any atom is -0.461 e. The van der Waals surface area contributed by atoms with E-state index in [0.717, 1.165) is 0 Å². The van der Waals surface area contributed by atoms with E-state index < -0.39 is 27.5 Å². The van der Waals surface area contributed by atoms with E-state index in [2.05, 4.69) is 10.3 Å². The van der Waals surface area contributed by atoms with Crippen LogP contribution < -0.4 is 10.9 Å². The lowest BCUT2D eigenvalue weighted by atomic mass is 9.98. The van der Waals surface area contributed by atoms with E-state index >= 15 is 0 Å². The van der Waals surface area contributed by atoms with Crippen molar-refractivity contribution >= 4 is 38.6 Å². The Morgan fingerprint density at radius 2 is 1.97 bits per heavy atom. The first kappa shape index (κ1) is 23.6. The van der Waals surface area contributed by atoms with Gasteiger partial charge in [0.1, 0.15) is 17.1 Å². The standard InChI is InChI=1S/C23H23N3O7S/c1-15(27)25-18-4-5-20-17(11-22(28)33-21(20)12-18)14-32-23(29)16-6-9-26(10-7-16)34(30,31)19-3-2-8-24-13-19/h2-5,8,11-13,16H,6-7,9-10,14H2,1H3,(H,25,27). The average Bonchev–Trinajstić information content (AvgIpc) is 2.82. The van der Waals surface area contributed by atoms with Crippen molar-refractivity contribution in [3.63, 3.8) is 0 Å². The van der Waals surface area contributed by atoms with Gasteiger partial charge in [0.25, 0.3) is 0 Å². The molecule has 0 radical (unpaired) electrons. The van der Waals surface area contributed by atoms with Gasteiger partial charge in [-0.2, -0.15) is 4.31 Å². The first-order valence-electron chi connectivity index (χ1n) is 10.7. The van der Waals surface area contributed by atoms with Gasteiger partial charge >= 0.3 is 11.6 Å². The van der Waals surface area contributed by atoms with Crippen molar-refractivity contribution in [2.75, 3.05) is 18.4 Å². The van der Waals surface area contributed by atoms with Crippen molar-refractivity contribution in [3.05, 3.63) is 64.8 Å². The maximum Gasteiger partial charge on any atom is 0.336 e. The zero-order valence-corrected chi connectivity index (χ0v) is 19.2. The van der Waals surface area contributed by atoms with Crippen molar-refractivity contribution in [3.8, 4) is 0 Å². The predicted octanol–water partition coefficient (Wildman–Crippen LogP) is 2.29. The Balaban J connectivity index is 1.40. The number of hydrogen-bond acceptors (Lipinski definition) is 8. The second-order valence-electron chi connectivity index (χ2n) is 7.96. The lowest BCUT2D eigenvalue weighted by Gasteiger charge is -2.30. The molecule has 1 N–H and O–H groups in total. The van der Waals surface area contributed by atoms with Gasteiger partial charge in [-0.3, -0.25) is 14.6 Å². The maximum atomic E-state index is 12.7. The second-order valence-corrected chi connectivity index (χ2v) is 9.90. The topological polar surface area (TPSA) is 136 Å². The highest BCUT2D eigenvalue weighted by Gasteiger charge is 2.33. The molecule has 178 valence electrons. The van der Waals surface area contributed by atoms with Crippen molar-refractivity contribution in [1.82, 2.24) is 9.29 Å². The number of carbonyl (C=O) groups is 2. The number of benzene rings is 1. The van der Waals surface area contributed by atoms with Gasteiger partial charge in [-0.25, -0.2) is 13.2 Å². The van der Waals surface area contributed by atoms with E-state index in [1.165, 1.54) is 41.8 Å². The molecule has 1 fully saturated rings. The lowest BCUT2D eigenvalue weighted by molar-refractivity contribution is -0.151. The number of piperidine rings is 1. The molecule has 4 rings (SSSR count). The third kappa shape index (κ3) is 5.15. The minimum atomic E-state index is -3.66. The van der Waals surface area contributed by atoms with Crippen LogP contribution in [-0.2, 0) is 31.0 Å². The summed E-state index contributed by atoms with van der Waals surface area (Å²) in [5.41, 5.74) is 0.613. The first-order chi connectivity index (χ1) is 16.2. The zero-order chi connectivity index (χ0) is 24.3. The van der Waals surface area contributed by atoms with Gasteiger partial charge in [0.05, 0.1) is 5.92 Å². The maximum absolute atomic E-state index is 12.7. The number of ether oxygens (including phenoxy) is 1. The Kier molecular flexibility index (Phi) is 6.75. The van der Waals surface area contributed by atoms with E-state index in [4.69, 9.17) is 9.15 Å². The molecule has 0 spiro atoms. The van der Waals surface area contributed by atoms with Gasteiger partial charge in [0.2, 0.25) is 15.9 Å². The Morgan fingerprint density at radius 1 is 1.21 bits per heavy atom. The molecule has 10 nitrogen and oxygen atoms in total. The molecule has 0 aliphatic carbocycles. The SMILES string of the molecule is CC(=O)Nc1ccc2c(COC(=O)C3CCN(S(=O)(=O)c4cccnc4)CC3)cc(=O)oc2c1. The van der Waals surface area contributed by atoms with Gasteiger partial charge in [-0.15, -0.1) is 0 Å². The molecule has 11 heteroatoms. The number of fused-ring (bicyclic) bond motifs is 1. The molecule has 1 saturated heterocycles. The van der Waals surface area contributed by atoms with Crippen LogP contribution in [0.5, 0.6) is 0 Å². The molecular formula is C23H23N3O7S. The van der Waals surface area contributed by atoms with Gasteiger partial charge in [0.15, 0.2) is 0 Å². The van der Waals surface area contributed by atoms with E-state index in [9.17, 15) is 22.8 Å². The number of amides is 1. The molecular weight excluding hydrogens is 462 g/mol. The Hall–Kier alpha value is -3.57. The largest absolute Gasteiger partial charge is 0.461 e. The van der Waals surface area contributed by atoms with Gasteiger partial charge < -0.3 is 14.5 Å². The monoisotopic (exact) mass is 485 g/mol. The molecule has 3 aromatic rings. The minimum absolute atomic E-state index is 0.118. The van der Waals surface area contributed by atoms with Crippen LogP contribution in [0.1, 0.15) is 25.3 Å². The second kappa shape index (κ2) is 9.74. The van der Waals surface area contributed by atoms with Crippen molar-refractivity contribution in [2.45, 2.75) is 31.3 Å². The van der Waals surface area contributed by atoms with Crippen molar-refractivity contribution in [2.24, 2.45) is 5.92 Å². The molecule has 0 saturated carbocycles. The summed E-state index contributed by atoms with van der Waals surface area (Å²) in [7, 11) is -3.66. The molecule has 0 bridgehead atoms. The number of esters is 1. The fourth-order valence-electron chi connectivity index (χ4n) is 3.88. The van der Waals surface area contributed by atoms with Crippen molar-refractivity contribution < 1.29 is 27.2 Å². The van der Waals surface area contributed by atoms with Crippen LogP contribution in [0.25, 0.3) is 11.0 Å². The number of anilines is 1. The normalized spacial score (nSPS) is 15.2. The lowest BCUT2D eigenvalue weighted by Crippen LogP contribution is -2.40. The predicted molar refractivity (Wildman–Crippen MR) is 122 cm³/mol. The van der Waals surface area contributed by atoms with E-state index in [1.54, 1.807) is 18.2 Å². The van der Waals surface area contributed by atoms with Crippen LogP contribution in [0, 0.1) is 5.92 Å². The van der Waals surface area contributed by atoms with Gasteiger partial charge in [0, 0.05) is 61.2 Å². The molecule has 3 heterocycles. The highest BCUT2D eigenvalue weighted by molar-refractivity contribution is 7.89. The molecule has 1 aliphatic heterocycles. The van der Waals surface area contributed by atoms with Crippen LogP contribution in [-0.4, -0.2) is 42.7 Å². The highest BCUT2D eigenvalue weighted by Crippen LogP contribution is 2.26. The number of carbonyl (C=O) groups excluding carboxylic acids is 2. The molecule has 0 atom stereocenters. The number of pyridine rings is 1. The number of sulfonamides is 1. The fourth-order valence-corrected chi connectivity index (χ4v) is 5.31. The van der Waals surface area contributed by atoms with Crippen LogP contribution in [0.15, 0.2) is 62.9 Å². The van der Waals surface area contributed by atoms with Gasteiger partial charge in [-0.1, -0.05) is 0 Å². The number of aromatic nitrogens is 1. The van der Waals surface area contributed by atoms with Crippen molar-refractivity contribution in [1.29, 1.82) is 0 Å². The van der Waals surface area contributed by atoms with E-state index in [1.807, 2.05) is 0 Å². The number of nitrogens with one attached hydrogen (secondary N) is 1.